The first-order valence-electron chi connectivity index (χ1n) is 12.4. The third-order valence-electron chi connectivity index (χ3n) is 5.61. The number of hydrogen-bond acceptors (Lipinski definition) is 6. The number of oxazole rings is 1. The molecule has 0 aliphatic heterocycles. The topological polar surface area (TPSA) is 76.8 Å². The van der Waals surface area contributed by atoms with E-state index in [4.69, 9.17) is 13.9 Å². The fraction of sp³-hybridized carbons (Fsp3) is 0.310. The number of amides is 1. The van der Waals surface area contributed by atoms with Crippen LogP contribution in [0.3, 0.4) is 0 Å². The predicted molar refractivity (Wildman–Crippen MR) is 142 cm³/mol. The Kier molecular flexibility index (Phi) is 8.32. The number of hydrogen-bond donors (Lipinski definition) is 1. The Labute approximate surface area is 224 Å². The minimum absolute atomic E-state index is 0.0955. The highest BCUT2D eigenvalue weighted by Crippen LogP contribution is 2.30. The first-order chi connectivity index (χ1) is 18.5. The zero-order valence-electron chi connectivity index (χ0n) is 21.9. The average molecular weight is 542 g/mol. The van der Waals surface area contributed by atoms with Gasteiger partial charge in [0.25, 0.3) is 6.01 Å². The summed E-state index contributed by atoms with van der Waals surface area (Å²) in [7, 11) is 0. The fourth-order valence-corrected chi connectivity index (χ4v) is 3.78. The number of anilines is 1. The van der Waals surface area contributed by atoms with Gasteiger partial charge in [-0.15, -0.1) is 0 Å². The summed E-state index contributed by atoms with van der Waals surface area (Å²) in [6, 6.07) is 20.0. The molecule has 0 fully saturated rings. The summed E-state index contributed by atoms with van der Waals surface area (Å²) in [4.78, 5) is 18.6. The summed E-state index contributed by atoms with van der Waals surface area (Å²) in [5, 5.41) is 2.75. The van der Waals surface area contributed by atoms with Gasteiger partial charge < -0.3 is 24.1 Å². The van der Waals surface area contributed by atoms with Crippen molar-refractivity contribution in [1.29, 1.82) is 0 Å². The van der Waals surface area contributed by atoms with Gasteiger partial charge in [-0.25, -0.2) is 4.79 Å². The fourth-order valence-electron chi connectivity index (χ4n) is 3.78. The Morgan fingerprint density at radius 1 is 0.974 bits per heavy atom. The molecule has 0 unspecified atom stereocenters. The molecule has 0 saturated heterocycles. The molecule has 1 amide bonds. The first-order valence-corrected chi connectivity index (χ1v) is 12.4. The molecule has 0 aliphatic carbocycles. The summed E-state index contributed by atoms with van der Waals surface area (Å²) in [5.74, 6) is 0.568. The van der Waals surface area contributed by atoms with Gasteiger partial charge >= 0.3 is 12.3 Å². The molecule has 0 radical (unpaired) electrons. The van der Waals surface area contributed by atoms with Gasteiger partial charge in [0.2, 0.25) is 0 Å². The van der Waals surface area contributed by atoms with Crippen LogP contribution in [0, 0.1) is 0 Å². The highest BCUT2D eigenvalue weighted by atomic mass is 19.4. The molecule has 1 aromatic heterocycles. The van der Waals surface area contributed by atoms with Crippen LogP contribution in [0.1, 0.15) is 37.5 Å². The molecule has 3 aromatic carbocycles. The van der Waals surface area contributed by atoms with E-state index in [9.17, 15) is 18.0 Å². The van der Waals surface area contributed by atoms with Crippen LogP contribution in [0.25, 0.3) is 11.1 Å². The maximum absolute atomic E-state index is 12.9. The number of aromatic nitrogens is 1. The lowest BCUT2D eigenvalue weighted by Crippen LogP contribution is -2.38. The van der Waals surface area contributed by atoms with Crippen LogP contribution < -0.4 is 15.0 Å². The number of nitrogens with one attached hydrogen (secondary N) is 1. The molecule has 206 valence electrons. The minimum atomic E-state index is -4.39. The lowest BCUT2D eigenvalue weighted by molar-refractivity contribution is -0.137. The molecule has 1 heterocycles. The van der Waals surface area contributed by atoms with E-state index >= 15 is 0 Å². The number of para-hydroxylation sites is 3. The summed E-state index contributed by atoms with van der Waals surface area (Å²) in [6.07, 6.45) is -4.92. The Morgan fingerprint density at radius 2 is 1.67 bits per heavy atom. The van der Waals surface area contributed by atoms with Crippen molar-refractivity contribution in [1.82, 2.24) is 10.3 Å². The first kappa shape index (κ1) is 27.8. The minimum Gasteiger partial charge on any atom is -0.489 e. The highest BCUT2D eigenvalue weighted by molar-refractivity contribution is 5.74. The summed E-state index contributed by atoms with van der Waals surface area (Å²) >= 11 is 0. The van der Waals surface area contributed by atoms with Crippen molar-refractivity contribution in [3.8, 4) is 5.75 Å². The van der Waals surface area contributed by atoms with Crippen molar-refractivity contribution >= 4 is 23.2 Å². The summed E-state index contributed by atoms with van der Waals surface area (Å²) in [5.41, 5.74) is 1.42. The number of rotatable bonds is 9. The zero-order valence-corrected chi connectivity index (χ0v) is 21.9. The van der Waals surface area contributed by atoms with Crippen molar-refractivity contribution in [2.24, 2.45) is 0 Å². The van der Waals surface area contributed by atoms with Gasteiger partial charge in [0.1, 0.15) is 23.5 Å². The second-order valence-electron chi connectivity index (χ2n) is 9.91. The quantitative estimate of drug-likeness (QED) is 0.247. The second kappa shape index (κ2) is 11.7. The molecule has 4 aromatic rings. The Hall–Kier alpha value is -4.21. The molecule has 0 bridgehead atoms. The Balaban J connectivity index is 1.49. The highest BCUT2D eigenvalue weighted by Gasteiger charge is 2.30. The standard InChI is InChI=1S/C29H30F3N3O4/c1-28(2,3)39-27(36)33-16-17-35(26-34-23-9-5-7-11-25(23)38-26)18-21-8-4-6-10-24(21)37-19-20-12-14-22(15-13-20)29(30,31)32/h4-15H,16-19H2,1-3H3,(H,33,36). The van der Waals surface area contributed by atoms with E-state index in [1.165, 1.54) is 12.1 Å². The number of benzene rings is 3. The van der Waals surface area contributed by atoms with E-state index in [2.05, 4.69) is 10.3 Å². The van der Waals surface area contributed by atoms with Gasteiger partial charge in [0, 0.05) is 18.7 Å². The number of alkyl halides is 3. The number of fused-ring (bicyclic) bond motifs is 1. The second-order valence-corrected chi connectivity index (χ2v) is 9.91. The van der Waals surface area contributed by atoms with Gasteiger partial charge in [-0.2, -0.15) is 18.2 Å². The van der Waals surface area contributed by atoms with E-state index in [1.807, 2.05) is 47.4 Å². The smallest absolute Gasteiger partial charge is 0.416 e. The number of alkyl carbamates (subject to hydrolysis) is 1. The molecule has 0 spiro atoms. The molecule has 0 atom stereocenters. The van der Waals surface area contributed by atoms with Crippen molar-refractivity contribution in [2.75, 3.05) is 18.0 Å². The van der Waals surface area contributed by atoms with E-state index < -0.39 is 23.4 Å². The van der Waals surface area contributed by atoms with Crippen molar-refractivity contribution in [2.45, 2.75) is 45.7 Å². The number of carbonyl (C=O) groups is 1. The van der Waals surface area contributed by atoms with Crippen molar-refractivity contribution in [3.05, 3.63) is 89.5 Å². The van der Waals surface area contributed by atoms with Gasteiger partial charge in [-0.3, -0.25) is 0 Å². The zero-order chi connectivity index (χ0) is 28.0. The number of carbonyl (C=O) groups excluding carboxylic acids is 1. The van der Waals surface area contributed by atoms with E-state index in [-0.39, 0.29) is 13.2 Å². The van der Waals surface area contributed by atoms with Gasteiger partial charge in [0.05, 0.1) is 12.1 Å². The predicted octanol–water partition coefficient (Wildman–Crippen LogP) is 6.96. The molecule has 10 heteroatoms. The van der Waals surface area contributed by atoms with E-state index in [0.717, 1.165) is 17.7 Å². The van der Waals surface area contributed by atoms with E-state index in [0.29, 0.717) is 41.5 Å². The molecule has 7 nitrogen and oxygen atoms in total. The third-order valence-corrected chi connectivity index (χ3v) is 5.61. The van der Waals surface area contributed by atoms with Crippen LogP contribution in [0.5, 0.6) is 5.75 Å². The van der Waals surface area contributed by atoms with Crippen molar-refractivity contribution < 1.29 is 31.9 Å². The van der Waals surface area contributed by atoms with Crippen LogP contribution >= 0.6 is 0 Å². The Bertz CT molecular complexity index is 1360. The van der Waals surface area contributed by atoms with Gasteiger partial charge in [0.15, 0.2) is 5.58 Å². The monoisotopic (exact) mass is 541 g/mol. The van der Waals surface area contributed by atoms with Crippen LogP contribution in [0.15, 0.2) is 77.2 Å². The van der Waals surface area contributed by atoms with Gasteiger partial charge in [-0.1, -0.05) is 42.5 Å². The largest absolute Gasteiger partial charge is 0.489 e. The van der Waals surface area contributed by atoms with E-state index in [1.54, 1.807) is 26.8 Å². The normalized spacial score (nSPS) is 11.8. The molecular formula is C29H30F3N3O4. The maximum atomic E-state index is 12.9. The molecule has 4 rings (SSSR count). The number of nitrogens with zero attached hydrogens (tertiary/aromatic N) is 2. The molecule has 0 saturated carbocycles. The third kappa shape index (κ3) is 7.89. The van der Waals surface area contributed by atoms with Crippen LogP contribution in [-0.4, -0.2) is 29.8 Å². The van der Waals surface area contributed by atoms with Crippen LogP contribution in [0.2, 0.25) is 0 Å². The average Bonchev–Trinajstić information content (AvgIpc) is 3.30. The van der Waals surface area contributed by atoms with Gasteiger partial charge in [-0.05, 0) is 56.7 Å². The van der Waals surface area contributed by atoms with Crippen molar-refractivity contribution in [3.63, 3.8) is 0 Å². The summed E-state index contributed by atoms with van der Waals surface area (Å²) in [6.45, 7) is 6.43. The SMILES string of the molecule is CC(C)(C)OC(=O)NCCN(Cc1ccccc1OCc1ccc(C(F)(F)F)cc1)c1nc2ccccc2o1. The number of halogens is 3. The molecular weight excluding hydrogens is 511 g/mol. The van der Waals surface area contributed by atoms with Crippen LogP contribution in [0.4, 0.5) is 24.0 Å². The Morgan fingerprint density at radius 3 is 2.36 bits per heavy atom. The lowest BCUT2D eigenvalue weighted by Gasteiger charge is -2.23. The number of ether oxygens (including phenoxy) is 2. The molecule has 39 heavy (non-hydrogen) atoms. The summed E-state index contributed by atoms with van der Waals surface area (Å²) < 4.78 is 55.9. The molecule has 0 aliphatic rings. The van der Waals surface area contributed by atoms with Crippen LogP contribution in [-0.2, 0) is 24.1 Å². The lowest BCUT2D eigenvalue weighted by atomic mass is 10.1. The maximum Gasteiger partial charge on any atom is 0.416 e. The molecule has 1 N–H and O–H groups in total.